The standard InChI is InChI=1S/C25H33FN2O4S2/c1-20-9-3-6-12-25(20)28(19-21-10-4-5-11-24(21)26)34(31,32)23-15-13-22(14-16-23)33(29,30)27-17-7-2-8-18-27/h4-5,10-11,13-16,20,25H,2-3,6-9,12,17-19H2,1H3/t20-,25-/m0/s1. The number of halogens is 1. The SMILES string of the molecule is C[C@H]1CCCC[C@@H]1N(Cc1ccccc1F)S(=O)(=O)c1ccc(S(=O)(=O)N2CCCCC2)cc1. The van der Waals surface area contributed by atoms with Gasteiger partial charge >= 0.3 is 0 Å². The average Bonchev–Trinajstić information content (AvgIpc) is 2.85. The summed E-state index contributed by atoms with van der Waals surface area (Å²) in [5.41, 5.74) is 0.327. The highest BCUT2D eigenvalue weighted by Gasteiger charge is 2.36. The van der Waals surface area contributed by atoms with Gasteiger partial charge in [-0.3, -0.25) is 0 Å². The number of benzene rings is 2. The Morgan fingerprint density at radius 3 is 2.12 bits per heavy atom. The molecule has 0 amide bonds. The van der Waals surface area contributed by atoms with Crippen molar-refractivity contribution >= 4 is 20.0 Å². The highest BCUT2D eigenvalue weighted by atomic mass is 32.2. The summed E-state index contributed by atoms with van der Waals surface area (Å²) in [7, 11) is -7.63. The van der Waals surface area contributed by atoms with Crippen LogP contribution in [0.25, 0.3) is 0 Å². The van der Waals surface area contributed by atoms with Crippen LogP contribution >= 0.6 is 0 Å². The molecule has 2 aliphatic rings. The van der Waals surface area contributed by atoms with Crippen molar-refractivity contribution in [3.05, 3.63) is 59.9 Å². The minimum Gasteiger partial charge on any atom is -0.207 e. The molecule has 34 heavy (non-hydrogen) atoms. The molecule has 1 aliphatic heterocycles. The van der Waals surface area contributed by atoms with Crippen LogP contribution in [0.5, 0.6) is 0 Å². The van der Waals surface area contributed by atoms with Gasteiger partial charge < -0.3 is 0 Å². The van der Waals surface area contributed by atoms with Crippen LogP contribution in [0.1, 0.15) is 57.4 Å². The lowest BCUT2D eigenvalue weighted by molar-refractivity contribution is 0.184. The zero-order chi connectivity index (χ0) is 24.3. The number of nitrogens with zero attached hydrogens (tertiary/aromatic N) is 2. The van der Waals surface area contributed by atoms with Gasteiger partial charge in [0.05, 0.1) is 9.79 Å². The van der Waals surface area contributed by atoms with Gasteiger partial charge in [0, 0.05) is 31.2 Å². The molecule has 0 unspecified atom stereocenters. The normalized spacial score (nSPS) is 22.7. The number of piperidine rings is 1. The van der Waals surface area contributed by atoms with Crippen LogP contribution in [0.4, 0.5) is 4.39 Å². The van der Waals surface area contributed by atoms with Crippen LogP contribution in [-0.2, 0) is 26.6 Å². The maximum atomic E-state index is 14.5. The minimum absolute atomic E-state index is 0.0270. The van der Waals surface area contributed by atoms with Crippen LogP contribution in [-0.4, -0.2) is 44.6 Å². The first-order valence-corrected chi connectivity index (χ1v) is 14.9. The van der Waals surface area contributed by atoms with E-state index in [4.69, 9.17) is 0 Å². The molecule has 186 valence electrons. The Labute approximate surface area is 202 Å². The van der Waals surface area contributed by atoms with Crippen molar-refractivity contribution in [1.82, 2.24) is 8.61 Å². The molecule has 1 aliphatic carbocycles. The van der Waals surface area contributed by atoms with E-state index in [0.717, 1.165) is 44.9 Å². The summed E-state index contributed by atoms with van der Waals surface area (Å²) >= 11 is 0. The summed E-state index contributed by atoms with van der Waals surface area (Å²) in [6.07, 6.45) is 6.28. The summed E-state index contributed by atoms with van der Waals surface area (Å²) in [4.78, 5) is 0.124. The molecule has 4 rings (SSSR count). The van der Waals surface area contributed by atoms with Gasteiger partial charge in [0.15, 0.2) is 0 Å². The number of sulfonamides is 2. The van der Waals surface area contributed by atoms with E-state index < -0.39 is 25.9 Å². The van der Waals surface area contributed by atoms with Crippen LogP contribution < -0.4 is 0 Å². The predicted octanol–water partition coefficient (Wildman–Crippen LogP) is 4.77. The molecule has 6 nitrogen and oxygen atoms in total. The van der Waals surface area contributed by atoms with Gasteiger partial charge in [-0.05, 0) is 61.9 Å². The Hall–Kier alpha value is -1.81. The second kappa shape index (κ2) is 10.4. The highest BCUT2D eigenvalue weighted by molar-refractivity contribution is 7.89. The van der Waals surface area contributed by atoms with E-state index in [-0.39, 0.29) is 28.3 Å². The predicted molar refractivity (Wildman–Crippen MR) is 130 cm³/mol. The molecule has 0 aromatic heterocycles. The summed E-state index contributed by atoms with van der Waals surface area (Å²) in [6.45, 7) is 2.95. The van der Waals surface area contributed by atoms with Gasteiger partial charge in [-0.15, -0.1) is 0 Å². The Morgan fingerprint density at radius 2 is 1.47 bits per heavy atom. The highest BCUT2D eigenvalue weighted by Crippen LogP contribution is 2.34. The third-order valence-electron chi connectivity index (χ3n) is 7.10. The van der Waals surface area contributed by atoms with Gasteiger partial charge in [0.2, 0.25) is 20.0 Å². The summed E-state index contributed by atoms with van der Waals surface area (Å²) < 4.78 is 70.9. The van der Waals surface area contributed by atoms with Crippen LogP contribution in [0.2, 0.25) is 0 Å². The summed E-state index contributed by atoms with van der Waals surface area (Å²) in [5.74, 6) is -0.289. The first-order valence-electron chi connectivity index (χ1n) is 12.1. The van der Waals surface area contributed by atoms with E-state index in [1.807, 2.05) is 6.92 Å². The molecular formula is C25H33FN2O4S2. The second-order valence-corrected chi connectivity index (χ2v) is 13.2. The summed E-state index contributed by atoms with van der Waals surface area (Å²) in [6, 6.07) is 11.5. The third kappa shape index (κ3) is 5.22. The van der Waals surface area contributed by atoms with E-state index >= 15 is 0 Å². The topological polar surface area (TPSA) is 74.8 Å². The average molecular weight is 509 g/mol. The maximum absolute atomic E-state index is 14.5. The number of hydrogen-bond acceptors (Lipinski definition) is 4. The van der Waals surface area contributed by atoms with Crippen molar-refractivity contribution in [1.29, 1.82) is 0 Å². The number of rotatable bonds is 7. The monoisotopic (exact) mass is 508 g/mol. The Kier molecular flexibility index (Phi) is 7.76. The van der Waals surface area contributed by atoms with E-state index in [0.29, 0.717) is 18.7 Å². The third-order valence-corrected chi connectivity index (χ3v) is 10.9. The van der Waals surface area contributed by atoms with Gasteiger partial charge in [-0.25, -0.2) is 21.2 Å². The second-order valence-electron chi connectivity index (χ2n) is 9.41. The van der Waals surface area contributed by atoms with Gasteiger partial charge in [-0.1, -0.05) is 44.4 Å². The first kappa shape index (κ1) is 25.3. The van der Waals surface area contributed by atoms with Crippen LogP contribution in [0.15, 0.2) is 58.3 Å². The molecule has 0 bridgehead atoms. The molecule has 2 fully saturated rings. The fourth-order valence-electron chi connectivity index (χ4n) is 5.07. The van der Waals surface area contributed by atoms with E-state index in [1.165, 1.54) is 38.9 Å². The molecule has 1 saturated carbocycles. The van der Waals surface area contributed by atoms with Crippen molar-refractivity contribution < 1.29 is 21.2 Å². The van der Waals surface area contributed by atoms with Gasteiger partial charge in [-0.2, -0.15) is 8.61 Å². The largest absolute Gasteiger partial charge is 0.243 e. The minimum atomic E-state index is -3.98. The Bertz CT molecular complexity index is 1190. The zero-order valence-corrected chi connectivity index (χ0v) is 21.2. The molecule has 1 saturated heterocycles. The molecule has 1 heterocycles. The molecule has 9 heteroatoms. The van der Waals surface area contributed by atoms with E-state index in [1.54, 1.807) is 18.2 Å². The smallest absolute Gasteiger partial charge is 0.207 e. The molecule has 0 N–H and O–H groups in total. The fourth-order valence-corrected chi connectivity index (χ4v) is 8.32. The van der Waals surface area contributed by atoms with Crippen LogP contribution in [0, 0.1) is 11.7 Å². The van der Waals surface area contributed by atoms with Crippen molar-refractivity contribution in [2.75, 3.05) is 13.1 Å². The lowest BCUT2D eigenvalue weighted by atomic mass is 9.86. The Balaban J connectivity index is 1.66. The van der Waals surface area contributed by atoms with E-state index in [9.17, 15) is 21.2 Å². The zero-order valence-electron chi connectivity index (χ0n) is 19.6. The van der Waals surface area contributed by atoms with Crippen molar-refractivity contribution in [2.45, 2.75) is 74.2 Å². The quantitative estimate of drug-likeness (QED) is 0.540. The number of hydrogen-bond donors (Lipinski definition) is 0. The Morgan fingerprint density at radius 1 is 0.853 bits per heavy atom. The molecular weight excluding hydrogens is 475 g/mol. The van der Waals surface area contributed by atoms with Crippen LogP contribution in [0.3, 0.4) is 0 Å². The molecule has 2 aromatic carbocycles. The van der Waals surface area contributed by atoms with Crippen molar-refractivity contribution in [3.8, 4) is 0 Å². The van der Waals surface area contributed by atoms with E-state index in [2.05, 4.69) is 0 Å². The summed E-state index contributed by atoms with van der Waals surface area (Å²) in [5, 5.41) is 0. The first-order chi connectivity index (χ1) is 16.2. The van der Waals surface area contributed by atoms with Crippen molar-refractivity contribution in [2.24, 2.45) is 5.92 Å². The molecule has 0 spiro atoms. The molecule has 0 radical (unpaired) electrons. The van der Waals surface area contributed by atoms with Gasteiger partial charge in [0.1, 0.15) is 5.82 Å². The maximum Gasteiger partial charge on any atom is 0.243 e. The molecule has 2 aromatic rings. The van der Waals surface area contributed by atoms with Crippen molar-refractivity contribution in [3.63, 3.8) is 0 Å². The fraction of sp³-hybridized carbons (Fsp3) is 0.520. The lowest BCUT2D eigenvalue weighted by Gasteiger charge is -2.38. The van der Waals surface area contributed by atoms with Gasteiger partial charge in [0.25, 0.3) is 0 Å². The molecule has 2 atom stereocenters. The lowest BCUT2D eigenvalue weighted by Crippen LogP contribution is -2.44.